The highest BCUT2D eigenvalue weighted by Crippen LogP contribution is 2.14. The monoisotopic (exact) mass is 262 g/mol. The minimum absolute atomic E-state index is 0.233. The van der Waals surface area contributed by atoms with Crippen LogP contribution in [0.4, 0.5) is 0 Å². The number of carbonyl (C=O) groups excluding carboxylic acids is 1. The Morgan fingerprint density at radius 3 is 2.42 bits per heavy atom. The number of ether oxygens (including phenoxy) is 1. The Labute approximate surface area is 112 Å². The number of benzene rings is 1. The Hall–Kier alpha value is -2.10. The first-order chi connectivity index (χ1) is 9.11. The molecule has 102 valence electrons. The molecular weight excluding hydrogens is 244 g/mol. The molecule has 0 fully saturated rings. The number of esters is 1. The third kappa shape index (κ3) is 6.41. The van der Waals surface area contributed by atoms with E-state index in [2.05, 4.69) is 6.58 Å². The van der Waals surface area contributed by atoms with Crippen molar-refractivity contribution in [1.29, 1.82) is 0 Å². The number of hydrogen-bond donors (Lipinski definition) is 1. The molecule has 1 aromatic carbocycles. The zero-order valence-corrected chi connectivity index (χ0v) is 10.8. The van der Waals surface area contributed by atoms with Crippen LogP contribution in [0.3, 0.4) is 0 Å². The van der Waals surface area contributed by atoms with Crippen LogP contribution < -0.4 is 4.74 Å². The summed E-state index contributed by atoms with van der Waals surface area (Å²) in [4.78, 5) is 21.3. The minimum atomic E-state index is -0.742. The Morgan fingerprint density at radius 1 is 1.16 bits per heavy atom. The van der Waals surface area contributed by atoms with Crippen LogP contribution in [-0.2, 0) is 16.0 Å². The van der Waals surface area contributed by atoms with Crippen LogP contribution in [0.5, 0.6) is 5.75 Å². The number of carboxylic acids is 1. The highest BCUT2D eigenvalue weighted by atomic mass is 16.5. The van der Waals surface area contributed by atoms with Crippen molar-refractivity contribution >= 4 is 11.9 Å². The summed E-state index contributed by atoms with van der Waals surface area (Å²) in [5.41, 5.74) is 1.15. The van der Waals surface area contributed by atoms with Crippen molar-refractivity contribution in [2.75, 3.05) is 0 Å². The van der Waals surface area contributed by atoms with Gasteiger partial charge in [-0.05, 0) is 37.0 Å². The summed E-state index contributed by atoms with van der Waals surface area (Å²) in [6, 6.07) is 7.30. The number of aryl methyl sites for hydroxylation is 1. The summed E-state index contributed by atoms with van der Waals surface area (Å²) in [5, 5.41) is 8.50. The average molecular weight is 262 g/mol. The normalized spacial score (nSPS) is 9.89. The van der Waals surface area contributed by atoms with Crippen molar-refractivity contribution in [2.45, 2.75) is 32.1 Å². The molecule has 0 bridgehead atoms. The number of aliphatic carboxylic acids is 1. The smallest absolute Gasteiger partial charge is 0.335 e. The van der Waals surface area contributed by atoms with Crippen LogP contribution in [0, 0.1) is 0 Å². The molecule has 1 rings (SSSR count). The van der Waals surface area contributed by atoms with Crippen LogP contribution in [-0.4, -0.2) is 17.0 Å². The van der Waals surface area contributed by atoms with Crippen LogP contribution in [0.2, 0.25) is 0 Å². The number of carboxylic acid groups (broad SMARTS) is 1. The third-order valence-electron chi connectivity index (χ3n) is 2.66. The molecule has 0 heterocycles. The number of rotatable bonds is 8. The first-order valence-corrected chi connectivity index (χ1v) is 6.27. The van der Waals surface area contributed by atoms with E-state index in [0.717, 1.165) is 30.9 Å². The molecule has 0 amide bonds. The Kier molecular flexibility index (Phi) is 6.36. The fourth-order valence-electron chi connectivity index (χ4n) is 1.66. The summed E-state index contributed by atoms with van der Waals surface area (Å²) in [6.07, 6.45) is 4.82. The van der Waals surface area contributed by atoms with E-state index in [-0.39, 0.29) is 6.42 Å². The first kappa shape index (κ1) is 15.0. The van der Waals surface area contributed by atoms with Gasteiger partial charge in [-0.3, -0.25) is 4.79 Å². The quantitative estimate of drug-likeness (QED) is 0.338. The number of unbranched alkanes of at least 4 members (excludes halogenated alkanes) is 2. The van der Waals surface area contributed by atoms with Crippen LogP contribution in [0.15, 0.2) is 36.9 Å². The maximum atomic E-state index is 11.0. The van der Waals surface area contributed by atoms with E-state index in [1.807, 2.05) is 12.1 Å². The molecule has 0 aliphatic carbocycles. The predicted octanol–water partition coefficient (Wildman–Crippen LogP) is 2.97. The molecular formula is C15H18O4. The van der Waals surface area contributed by atoms with Crippen molar-refractivity contribution in [1.82, 2.24) is 0 Å². The zero-order chi connectivity index (χ0) is 14.1. The minimum Gasteiger partial charge on any atom is -0.481 e. The van der Waals surface area contributed by atoms with Crippen LogP contribution in [0.25, 0.3) is 0 Å². The largest absolute Gasteiger partial charge is 0.481 e. The molecule has 0 saturated carbocycles. The molecule has 4 heteroatoms. The van der Waals surface area contributed by atoms with E-state index in [0.29, 0.717) is 12.2 Å². The van der Waals surface area contributed by atoms with Gasteiger partial charge in [0.25, 0.3) is 0 Å². The summed E-state index contributed by atoms with van der Waals surface area (Å²) in [6.45, 7) is 3.33. The molecule has 4 nitrogen and oxygen atoms in total. The van der Waals surface area contributed by atoms with Crippen LogP contribution >= 0.6 is 0 Å². The average Bonchev–Trinajstić information content (AvgIpc) is 2.39. The van der Waals surface area contributed by atoms with E-state index in [1.165, 1.54) is 0 Å². The fraction of sp³-hybridized carbons (Fsp3) is 0.333. The van der Waals surface area contributed by atoms with Crippen molar-refractivity contribution in [3.63, 3.8) is 0 Å². The lowest BCUT2D eigenvalue weighted by molar-refractivity contribution is -0.137. The lowest BCUT2D eigenvalue weighted by Crippen LogP contribution is -2.02. The molecule has 0 aliphatic heterocycles. The molecule has 0 unspecified atom stereocenters. The Morgan fingerprint density at radius 2 is 1.84 bits per heavy atom. The number of hydrogen-bond acceptors (Lipinski definition) is 3. The van der Waals surface area contributed by atoms with Gasteiger partial charge in [-0.1, -0.05) is 25.1 Å². The van der Waals surface area contributed by atoms with Gasteiger partial charge in [0.1, 0.15) is 5.75 Å². The van der Waals surface area contributed by atoms with E-state index in [4.69, 9.17) is 9.84 Å². The van der Waals surface area contributed by atoms with Gasteiger partial charge >= 0.3 is 11.9 Å². The molecule has 0 aromatic heterocycles. The topological polar surface area (TPSA) is 63.6 Å². The maximum Gasteiger partial charge on any atom is 0.335 e. The zero-order valence-electron chi connectivity index (χ0n) is 10.8. The first-order valence-electron chi connectivity index (χ1n) is 6.27. The second kappa shape index (κ2) is 8.08. The molecule has 0 atom stereocenters. The molecule has 0 saturated heterocycles. The lowest BCUT2D eigenvalue weighted by atomic mass is 10.1. The van der Waals surface area contributed by atoms with E-state index >= 15 is 0 Å². The van der Waals surface area contributed by atoms with Gasteiger partial charge in [0, 0.05) is 12.5 Å². The maximum absolute atomic E-state index is 11.0. The second-order valence-electron chi connectivity index (χ2n) is 4.22. The fourth-order valence-corrected chi connectivity index (χ4v) is 1.66. The summed E-state index contributed by atoms with van der Waals surface area (Å²) in [7, 11) is 0. The molecule has 0 radical (unpaired) electrons. The Balaban J connectivity index is 2.30. The van der Waals surface area contributed by atoms with E-state index in [9.17, 15) is 9.59 Å². The molecule has 1 aromatic rings. The SMILES string of the molecule is C=CC(=O)Oc1ccc(CCCCCC(=O)O)cc1. The van der Waals surface area contributed by atoms with Gasteiger partial charge in [-0.15, -0.1) is 0 Å². The molecule has 19 heavy (non-hydrogen) atoms. The van der Waals surface area contributed by atoms with Crippen molar-refractivity contribution in [2.24, 2.45) is 0 Å². The van der Waals surface area contributed by atoms with Gasteiger partial charge in [-0.2, -0.15) is 0 Å². The lowest BCUT2D eigenvalue weighted by Gasteiger charge is -2.04. The van der Waals surface area contributed by atoms with E-state index < -0.39 is 11.9 Å². The molecule has 1 N–H and O–H groups in total. The standard InChI is InChI=1S/C15H18O4/c1-2-15(18)19-13-10-8-12(9-11-13)6-4-3-5-7-14(16)17/h2,8-11H,1,3-7H2,(H,16,17). The van der Waals surface area contributed by atoms with Gasteiger partial charge in [-0.25, -0.2) is 4.79 Å². The summed E-state index contributed by atoms with van der Waals surface area (Å²) in [5.74, 6) is -0.714. The number of carbonyl (C=O) groups is 2. The molecule has 0 aliphatic rings. The Bertz CT molecular complexity index is 434. The van der Waals surface area contributed by atoms with Crippen molar-refractivity contribution in [3.8, 4) is 5.75 Å². The van der Waals surface area contributed by atoms with Gasteiger partial charge in [0.05, 0.1) is 0 Å². The second-order valence-corrected chi connectivity index (χ2v) is 4.22. The van der Waals surface area contributed by atoms with Gasteiger partial charge < -0.3 is 9.84 Å². The third-order valence-corrected chi connectivity index (χ3v) is 2.66. The van der Waals surface area contributed by atoms with Gasteiger partial charge in [0.15, 0.2) is 0 Å². The van der Waals surface area contributed by atoms with Crippen molar-refractivity contribution in [3.05, 3.63) is 42.5 Å². The molecule has 0 spiro atoms. The van der Waals surface area contributed by atoms with Gasteiger partial charge in [0.2, 0.25) is 0 Å². The summed E-state index contributed by atoms with van der Waals surface area (Å²) < 4.78 is 4.97. The highest BCUT2D eigenvalue weighted by molar-refractivity contribution is 5.83. The predicted molar refractivity (Wildman–Crippen MR) is 72.1 cm³/mol. The van der Waals surface area contributed by atoms with E-state index in [1.54, 1.807) is 12.1 Å². The van der Waals surface area contributed by atoms with Crippen LogP contribution in [0.1, 0.15) is 31.2 Å². The summed E-state index contributed by atoms with van der Waals surface area (Å²) >= 11 is 0. The highest BCUT2D eigenvalue weighted by Gasteiger charge is 2.01. The van der Waals surface area contributed by atoms with Crippen molar-refractivity contribution < 1.29 is 19.4 Å².